The van der Waals surface area contributed by atoms with Gasteiger partial charge in [-0.2, -0.15) is 0 Å². The van der Waals surface area contributed by atoms with E-state index in [4.69, 9.17) is 0 Å². The Bertz CT molecular complexity index is 705. The molecule has 0 spiro atoms. The molecule has 1 aromatic carbocycles. The van der Waals surface area contributed by atoms with Gasteiger partial charge in [-0.25, -0.2) is 9.67 Å². The minimum Gasteiger partial charge on any atom is -0.349 e. The highest BCUT2D eigenvalue weighted by Crippen LogP contribution is 2.33. The van der Waals surface area contributed by atoms with Gasteiger partial charge < -0.3 is 10.6 Å². The molecule has 0 radical (unpaired) electrons. The van der Waals surface area contributed by atoms with Crippen molar-refractivity contribution in [1.29, 1.82) is 0 Å². The molecule has 2 heterocycles. The molecular weight excluding hydrogens is 290 g/mol. The number of nitrogens with zero attached hydrogens (tertiary/aromatic N) is 3. The van der Waals surface area contributed by atoms with Crippen molar-refractivity contribution in [3.8, 4) is 0 Å². The number of hydrogen-bond donors (Lipinski definition) is 2. The van der Waals surface area contributed by atoms with Gasteiger partial charge in [-0.05, 0) is 36.9 Å². The summed E-state index contributed by atoms with van der Waals surface area (Å²) in [4.78, 5) is 16.4. The molecule has 2 N–H and O–H groups in total. The molecule has 0 unspecified atom stereocenters. The van der Waals surface area contributed by atoms with Crippen molar-refractivity contribution in [2.24, 2.45) is 0 Å². The SMILES string of the molecule is O=C(NC[C@H]1Cc2ccccc21)c1ncn([C@@H]2CCCNC2)n1. The molecular formula is C17H21N5O. The summed E-state index contributed by atoms with van der Waals surface area (Å²) < 4.78 is 1.82. The molecule has 1 fully saturated rings. The van der Waals surface area contributed by atoms with Crippen LogP contribution in [0.3, 0.4) is 0 Å². The number of carbonyl (C=O) groups is 1. The Morgan fingerprint density at radius 1 is 1.39 bits per heavy atom. The molecule has 23 heavy (non-hydrogen) atoms. The number of piperidine rings is 1. The second-order valence-corrected chi connectivity index (χ2v) is 6.36. The van der Waals surface area contributed by atoms with Crippen molar-refractivity contribution in [2.45, 2.75) is 31.2 Å². The fraction of sp³-hybridized carbons (Fsp3) is 0.471. The fourth-order valence-electron chi connectivity index (χ4n) is 3.45. The Morgan fingerprint density at radius 3 is 3.13 bits per heavy atom. The summed E-state index contributed by atoms with van der Waals surface area (Å²) in [5.41, 5.74) is 2.73. The quantitative estimate of drug-likeness (QED) is 0.892. The Balaban J connectivity index is 1.34. The molecule has 2 aromatic rings. The summed E-state index contributed by atoms with van der Waals surface area (Å²) in [6.07, 6.45) is 4.92. The third-order valence-corrected chi connectivity index (χ3v) is 4.83. The number of rotatable bonds is 4. The average Bonchev–Trinajstić information content (AvgIpc) is 3.06. The van der Waals surface area contributed by atoms with Crippen LogP contribution in [0.2, 0.25) is 0 Å². The van der Waals surface area contributed by atoms with Crippen molar-refractivity contribution >= 4 is 5.91 Å². The molecule has 120 valence electrons. The molecule has 0 bridgehead atoms. The lowest BCUT2D eigenvalue weighted by Gasteiger charge is -2.29. The van der Waals surface area contributed by atoms with E-state index >= 15 is 0 Å². The Hall–Kier alpha value is -2.21. The maximum absolute atomic E-state index is 12.2. The van der Waals surface area contributed by atoms with Gasteiger partial charge in [0.2, 0.25) is 5.82 Å². The van der Waals surface area contributed by atoms with Crippen molar-refractivity contribution in [1.82, 2.24) is 25.4 Å². The number of benzene rings is 1. The van der Waals surface area contributed by atoms with Gasteiger partial charge in [-0.3, -0.25) is 4.79 Å². The lowest BCUT2D eigenvalue weighted by molar-refractivity contribution is 0.0939. The van der Waals surface area contributed by atoms with Gasteiger partial charge in [0, 0.05) is 19.0 Å². The van der Waals surface area contributed by atoms with Crippen molar-refractivity contribution in [2.75, 3.05) is 19.6 Å². The zero-order valence-electron chi connectivity index (χ0n) is 13.0. The molecule has 1 aliphatic heterocycles. The van der Waals surface area contributed by atoms with E-state index in [2.05, 4.69) is 38.9 Å². The topological polar surface area (TPSA) is 71.8 Å². The Kier molecular flexibility index (Phi) is 3.83. The van der Waals surface area contributed by atoms with Crippen LogP contribution < -0.4 is 10.6 Å². The lowest BCUT2D eigenvalue weighted by atomic mass is 9.77. The van der Waals surface area contributed by atoms with E-state index in [0.717, 1.165) is 32.4 Å². The van der Waals surface area contributed by atoms with Gasteiger partial charge in [0.25, 0.3) is 5.91 Å². The highest BCUT2D eigenvalue weighted by Gasteiger charge is 2.26. The van der Waals surface area contributed by atoms with Crippen molar-refractivity contribution in [3.05, 3.63) is 47.5 Å². The molecule has 6 heteroatoms. The molecule has 6 nitrogen and oxygen atoms in total. The van der Waals surface area contributed by atoms with Crippen LogP contribution in [0.4, 0.5) is 0 Å². The van der Waals surface area contributed by atoms with Gasteiger partial charge in [0.15, 0.2) is 0 Å². The number of hydrogen-bond acceptors (Lipinski definition) is 4. The first-order chi connectivity index (χ1) is 11.3. The van der Waals surface area contributed by atoms with E-state index in [-0.39, 0.29) is 11.7 Å². The zero-order chi connectivity index (χ0) is 15.6. The summed E-state index contributed by atoms with van der Waals surface area (Å²) in [6.45, 7) is 2.60. The third-order valence-electron chi connectivity index (χ3n) is 4.83. The van der Waals surface area contributed by atoms with E-state index < -0.39 is 0 Å². The monoisotopic (exact) mass is 311 g/mol. The molecule has 1 amide bonds. The molecule has 4 rings (SSSR count). The number of aromatic nitrogens is 3. The highest BCUT2D eigenvalue weighted by atomic mass is 16.2. The van der Waals surface area contributed by atoms with E-state index in [1.807, 2.05) is 10.7 Å². The number of fused-ring (bicyclic) bond motifs is 1. The molecule has 1 aliphatic carbocycles. The second kappa shape index (κ2) is 6.12. The summed E-state index contributed by atoms with van der Waals surface area (Å²) >= 11 is 0. The van der Waals surface area contributed by atoms with Crippen LogP contribution in [0.5, 0.6) is 0 Å². The fourth-order valence-corrected chi connectivity index (χ4v) is 3.45. The van der Waals surface area contributed by atoms with Crippen LogP contribution in [-0.4, -0.2) is 40.3 Å². The normalized spacial score (nSPS) is 23.0. The van der Waals surface area contributed by atoms with Gasteiger partial charge in [-0.1, -0.05) is 24.3 Å². The van der Waals surface area contributed by atoms with E-state index in [1.165, 1.54) is 11.1 Å². The standard InChI is InChI=1S/C17H21N5O/c23-17(19-9-13-8-12-4-1-2-6-15(12)13)16-20-11-22(21-16)14-5-3-7-18-10-14/h1-2,4,6,11,13-14,18H,3,5,7-10H2,(H,19,23)/t13-,14-/m1/s1. The minimum absolute atomic E-state index is 0.183. The van der Waals surface area contributed by atoms with Gasteiger partial charge >= 0.3 is 0 Å². The lowest BCUT2D eigenvalue weighted by Crippen LogP contribution is -2.34. The maximum Gasteiger partial charge on any atom is 0.290 e. The Morgan fingerprint density at radius 2 is 2.30 bits per heavy atom. The number of nitrogens with one attached hydrogen (secondary N) is 2. The number of carbonyl (C=O) groups excluding carboxylic acids is 1. The summed E-state index contributed by atoms with van der Waals surface area (Å²) in [5, 5.41) is 10.7. The summed E-state index contributed by atoms with van der Waals surface area (Å²) in [6, 6.07) is 8.70. The predicted octanol–water partition coefficient (Wildman–Crippen LogP) is 1.27. The van der Waals surface area contributed by atoms with Gasteiger partial charge in [0.05, 0.1) is 6.04 Å². The average molecular weight is 311 g/mol. The molecule has 2 aliphatic rings. The minimum atomic E-state index is -0.183. The van der Waals surface area contributed by atoms with Crippen LogP contribution in [0.25, 0.3) is 0 Å². The zero-order valence-corrected chi connectivity index (χ0v) is 13.0. The molecule has 0 saturated carbocycles. The van der Waals surface area contributed by atoms with Crippen LogP contribution >= 0.6 is 0 Å². The highest BCUT2D eigenvalue weighted by molar-refractivity contribution is 5.90. The van der Waals surface area contributed by atoms with Crippen LogP contribution in [0.15, 0.2) is 30.6 Å². The maximum atomic E-state index is 12.2. The first-order valence-corrected chi connectivity index (χ1v) is 8.29. The van der Waals surface area contributed by atoms with Gasteiger partial charge in [-0.15, -0.1) is 5.10 Å². The second-order valence-electron chi connectivity index (χ2n) is 6.36. The molecule has 1 aromatic heterocycles. The largest absolute Gasteiger partial charge is 0.349 e. The smallest absolute Gasteiger partial charge is 0.290 e. The van der Waals surface area contributed by atoms with Gasteiger partial charge in [0.1, 0.15) is 6.33 Å². The van der Waals surface area contributed by atoms with Crippen molar-refractivity contribution < 1.29 is 4.79 Å². The summed E-state index contributed by atoms with van der Waals surface area (Å²) in [5.74, 6) is 0.500. The van der Waals surface area contributed by atoms with E-state index in [9.17, 15) is 4.79 Å². The predicted molar refractivity (Wildman–Crippen MR) is 86.4 cm³/mol. The summed E-state index contributed by atoms with van der Waals surface area (Å²) in [7, 11) is 0. The van der Waals surface area contributed by atoms with E-state index in [0.29, 0.717) is 18.5 Å². The van der Waals surface area contributed by atoms with Crippen molar-refractivity contribution in [3.63, 3.8) is 0 Å². The number of amides is 1. The third kappa shape index (κ3) is 2.86. The molecule has 2 atom stereocenters. The Labute approximate surface area is 135 Å². The van der Waals surface area contributed by atoms with Crippen LogP contribution in [-0.2, 0) is 6.42 Å². The first kappa shape index (κ1) is 14.4. The van der Waals surface area contributed by atoms with Crippen LogP contribution in [0, 0.1) is 0 Å². The molecule has 1 saturated heterocycles. The first-order valence-electron chi connectivity index (χ1n) is 8.29. The van der Waals surface area contributed by atoms with Crippen LogP contribution in [0.1, 0.15) is 46.5 Å². The van der Waals surface area contributed by atoms with E-state index in [1.54, 1.807) is 6.33 Å².